The van der Waals surface area contributed by atoms with E-state index in [0.29, 0.717) is 13.2 Å². The van der Waals surface area contributed by atoms with Crippen LogP contribution >= 0.6 is 11.3 Å². The number of aryl methyl sites for hydroxylation is 1. The predicted molar refractivity (Wildman–Crippen MR) is 92.8 cm³/mol. The number of rotatable bonds is 4. The van der Waals surface area contributed by atoms with Gasteiger partial charge in [-0.3, -0.25) is 9.69 Å². The molecule has 1 atom stereocenters. The first-order chi connectivity index (χ1) is 11.1. The molecule has 0 bridgehead atoms. The summed E-state index contributed by atoms with van der Waals surface area (Å²) in [5.74, 6) is 0.0177. The van der Waals surface area contributed by atoms with E-state index >= 15 is 0 Å². The van der Waals surface area contributed by atoms with Crippen LogP contribution in [0.1, 0.15) is 11.9 Å². The molecule has 1 unspecified atom stereocenters. The normalized spacial score (nSPS) is 17.0. The molecular weight excluding hydrogens is 310 g/mol. The number of morpholine rings is 1. The van der Waals surface area contributed by atoms with Crippen molar-refractivity contribution in [2.24, 2.45) is 0 Å². The monoisotopic (exact) mass is 331 g/mol. The second-order valence-corrected chi connectivity index (χ2v) is 6.70. The van der Waals surface area contributed by atoms with E-state index in [1.807, 2.05) is 43.5 Å². The summed E-state index contributed by atoms with van der Waals surface area (Å²) >= 11 is 1.64. The summed E-state index contributed by atoms with van der Waals surface area (Å²) in [7, 11) is 0. The summed E-state index contributed by atoms with van der Waals surface area (Å²) in [5, 5.41) is 6.08. The first-order valence-corrected chi connectivity index (χ1v) is 8.66. The van der Waals surface area contributed by atoms with E-state index in [1.54, 1.807) is 11.3 Å². The third kappa shape index (κ3) is 3.96. The number of nitrogens with one attached hydrogen (secondary N) is 1. The van der Waals surface area contributed by atoms with Crippen molar-refractivity contribution in [1.82, 2.24) is 9.88 Å². The number of nitrogens with zero attached hydrogens (tertiary/aromatic N) is 2. The van der Waals surface area contributed by atoms with Crippen molar-refractivity contribution in [3.8, 4) is 11.3 Å². The van der Waals surface area contributed by atoms with Crippen LogP contribution in [0.2, 0.25) is 0 Å². The number of amides is 1. The summed E-state index contributed by atoms with van der Waals surface area (Å²) in [6.45, 7) is 6.93. The highest BCUT2D eigenvalue weighted by Crippen LogP contribution is 2.23. The summed E-state index contributed by atoms with van der Waals surface area (Å²) in [6.07, 6.45) is 0. The zero-order chi connectivity index (χ0) is 16.2. The lowest BCUT2D eigenvalue weighted by Gasteiger charge is -2.31. The third-order valence-corrected chi connectivity index (χ3v) is 4.81. The minimum atomic E-state index is -0.153. The molecule has 0 aliphatic carbocycles. The number of benzene rings is 1. The molecule has 2 aromatic rings. The van der Waals surface area contributed by atoms with Gasteiger partial charge in [-0.1, -0.05) is 12.1 Å². The minimum Gasteiger partial charge on any atom is -0.379 e. The molecule has 1 aliphatic heterocycles. The Bertz CT molecular complexity index is 663. The van der Waals surface area contributed by atoms with Gasteiger partial charge >= 0.3 is 0 Å². The maximum absolute atomic E-state index is 12.4. The van der Waals surface area contributed by atoms with Gasteiger partial charge < -0.3 is 10.1 Å². The zero-order valence-corrected chi connectivity index (χ0v) is 14.2. The lowest BCUT2D eigenvalue weighted by molar-refractivity contribution is -0.122. The topological polar surface area (TPSA) is 54.5 Å². The molecule has 6 heteroatoms. The number of hydrogen-bond acceptors (Lipinski definition) is 5. The van der Waals surface area contributed by atoms with E-state index in [1.165, 1.54) is 0 Å². The Labute approximate surface area is 140 Å². The van der Waals surface area contributed by atoms with Gasteiger partial charge in [0.2, 0.25) is 5.91 Å². The minimum absolute atomic E-state index is 0.0177. The summed E-state index contributed by atoms with van der Waals surface area (Å²) in [4.78, 5) is 19.0. The second kappa shape index (κ2) is 7.21. The molecule has 2 heterocycles. The number of hydrogen-bond donors (Lipinski definition) is 1. The van der Waals surface area contributed by atoms with Crippen molar-refractivity contribution in [1.29, 1.82) is 0 Å². The van der Waals surface area contributed by atoms with Crippen molar-refractivity contribution in [3.63, 3.8) is 0 Å². The number of carbonyl (C=O) groups excluding carboxylic acids is 1. The van der Waals surface area contributed by atoms with Crippen molar-refractivity contribution in [3.05, 3.63) is 34.7 Å². The number of thiazole rings is 1. The SMILES string of the molecule is Cc1nc(-c2ccc(NC(=O)C(C)N3CCOCC3)cc2)cs1. The Balaban J connectivity index is 1.62. The number of aromatic nitrogens is 1. The standard InChI is InChI=1S/C17H21N3O2S/c1-12(20-7-9-22-10-8-20)17(21)19-15-5-3-14(4-6-15)16-11-23-13(2)18-16/h3-6,11-12H,7-10H2,1-2H3,(H,19,21). The maximum atomic E-state index is 12.4. The quantitative estimate of drug-likeness (QED) is 0.936. The first kappa shape index (κ1) is 16.1. The number of ether oxygens (including phenoxy) is 1. The van der Waals surface area contributed by atoms with E-state index < -0.39 is 0 Å². The van der Waals surface area contributed by atoms with E-state index in [4.69, 9.17) is 4.74 Å². The molecule has 23 heavy (non-hydrogen) atoms. The van der Waals surface area contributed by atoms with E-state index in [2.05, 4.69) is 15.2 Å². The summed E-state index contributed by atoms with van der Waals surface area (Å²) in [6, 6.07) is 7.68. The van der Waals surface area contributed by atoms with Gasteiger partial charge in [0.25, 0.3) is 0 Å². The fraction of sp³-hybridized carbons (Fsp3) is 0.412. The highest BCUT2D eigenvalue weighted by atomic mass is 32.1. The molecule has 122 valence electrons. The van der Waals surface area contributed by atoms with Gasteiger partial charge in [-0.05, 0) is 26.0 Å². The van der Waals surface area contributed by atoms with Crippen LogP contribution < -0.4 is 5.32 Å². The summed E-state index contributed by atoms with van der Waals surface area (Å²) in [5.41, 5.74) is 2.85. The molecular formula is C17H21N3O2S. The average Bonchev–Trinajstić information content (AvgIpc) is 3.02. The smallest absolute Gasteiger partial charge is 0.241 e. The molecule has 1 N–H and O–H groups in total. The van der Waals surface area contributed by atoms with E-state index in [0.717, 1.165) is 35.0 Å². The molecule has 0 radical (unpaired) electrons. The highest BCUT2D eigenvalue weighted by molar-refractivity contribution is 7.09. The van der Waals surface area contributed by atoms with Crippen molar-refractivity contribution in [2.75, 3.05) is 31.6 Å². The fourth-order valence-electron chi connectivity index (χ4n) is 2.60. The van der Waals surface area contributed by atoms with Crippen LogP contribution in [0, 0.1) is 6.92 Å². The first-order valence-electron chi connectivity index (χ1n) is 7.79. The van der Waals surface area contributed by atoms with E-state index in [-0.39, 0.29) is 11.9 Å². The molecule has 1 aromatic heterocycles. The van der Waals surface area contributed by atoms with Crippen LogP contribution in [0.25, 0.3) is 11.3 Å². The zero-order valence-electron chi connectivity index (χ0n) is 13.4. The van der Waals surface area contributed by atoms with Crippen LogP contribution in [-0.4, -0.2) is 48.1 Å². The predicted octanol–water partition coefficient (Wildman–Crippen LogP) is 2.78. The largest absolute Gasteiger partial charge is 0.379 e. The van der Waals surface area contributed by atoms with Gasteiger partial charge in [0, 0.05) is 29.7 Å². The Morgan fingerprint density at radius 2 is 2.00 bits per heavy atom. The molecule has 5 nitrogen and oxygen atoms in total. The van der Waals surface area contributed by atoms with Crippen molar-refractivity contribution < 1.29 is 9.53 Å². The van der Waals surface area contributed by atoms with E-state index in [9.17, 15) is 4.79 Å². The van der Waals surface area contributed by atoms with Crippen LogP contribution in [-0.2, 0) is 9.53 Å². The van der Waals surface area contributed by atoms with Gasteiger partial charge in [0.05, 0.1) is 30.0 Å². The molecule has 0 saturated carbocycles. The Morgan fingerprint density at radius 1 is 1.30 bits per heavy atom. The van der Waals surface area contributed by atoms with Crippen molar-refractivity contribution >= 4 is 22.9 Å². The van der Waals surface area contributed by atoms with Crippen LogP contribution in [0.3, 0.4) is 0 Å². The number of carbonyl (C=O) groups is 1. The van der Waals surface area contributed by atoms with Crippen LogP contribution in [0.4, 0.5) is 5.69 Å². The molecule has 1 saturated heterocycles. The lowest BCUT2D eigenvalue weighted by atomic mass is 10.1. The van der Waals surface area contributed by atoms with Crippen LogP contribution in [0.15, 0.2) is 29.6 Å². The second-order valence-electron chi connectivity index (χ2n) is 5.64. The molecule has 1 aromatic carbocycles. The molecule has 1 fully saturated rings. The highest BCUT2D eigenvalue weighted by Gasteiger charge is 2.23. The molecule has 3 rings (SSSR count). The molecule has 1 amide bonds. The lowest BCUT2D eigenvalue weighted by Crippen LogP contribution is -2.47. The molecule has 1 aliphatic rings. The Hall–Kier alpha value is -1.76. The van der Waals surface area contributed by atoms with Gasteiger partial charge in [0.1, 0.15) is 0 Å². The molecule has 0 spiro atoms. The fourth-order valence-corrected chi connectivity index (χ4v) is 3.22. The Morgan fingerprint density at radius 3 is 2.61 bits per heavy atom. The van der Waals surface area contributed by atoms with Crippen LogP contribution in [0.5, 0.6) is 0 Å². The third-order valence-electron chi connectivity index (χ3n) is 4.04. The van der Waals surface area contributed by atoms with Gasteiger partial charge in [-0.2, -0.15) is 0 Å². The maximum Gasteiger partial charge on any atom is 0.241 e. The average molecular weight is 331 g/mol. The van der Waals surface area contributed by atoms with Gasteiger partial charge in [-0.25, -0.2) is 4.98 Å². The summed E-state index contributed by atoms with van der Waals surface area (Å²) < 4.78 is 5.33. The van der Waals surface area contributed by atoms with Gasteiger partial charge in [-0.15, -0.1) is 11.3 Å². The van der Waals surface area contributed by atoms with Gasteiger partial charge in [0.15, 0.2) is 0 Å². The van der Waals surface area contributed by atoms with Crippen molar-refractivity contribution in [2.45, 2.75) is 19.9 Å². The Kier molecular flexibility index (Phi) is 5.05. The number of anilines is 1.